The number of carboxylic acid groups (broad SMARTS) is 1. The first kappa shape index (κ1) is 30.3. The quantitative estimate of drug-likeness (QED) is 0.230. The molecule has 0 aromatic heterocycles. The molecule has 3 rings (SSSR count). The smallest absolute Gasteiger partial charge is 0.333 e. The van der Waals surface area contributed by atoms with Gasteiger partial charge in [-0.1, -0.05) is 36.4 Å². The largest absolute Gasteiger partial charge is 0.495 e. The van der Waals surface area contributed by atoms with Gasteiger partial charge in [-0.15, -0.1) is 0 Å². The molecule has 3 aromatic rings. The van der Waals surface area contributed by atoms with Gasteiger partial charge in [0.15, 0.2) is 6.10 Å². The maximum Gasteiger partial charge on any atom is 0.333 e. The SMILES string of the molecule is CCOC(Cc1ccc(OCCN(CCCOc2ccccc2)C(=O)Nc2cc(C)ccc2OC)cc1)C(=O)O. The van der Waals surface area contributed by atoms with Crippen molar-refractivity contribution in [3.63, 3.8) is 0 Å². The molecule has 3 aromatic carbocycles. The van der Waals surface area contributed by atoms with Crippen LogP contribution in [-0.4, -0.2) is 68.1 Å². The Bertz CT molecular complexity index is 1200. The first-order valence-corrected chi connectivity index (χ1v) is 13.3. The van der Waals surface area contributed by atoms with Crippen LogP contribution in [0.4, 0.5) is 10.5 Å². The number of nitrogens with zero attached hydrogens (tertiary/aromatic N) is 1. The highest BCUT2D eigenvalue weighted by Gasteiger charge is 2.18. The monoisotopic (exact) mass is 550 g/mol. The molecule has 9 heteroatoms. The molecule has 0 bridgehead atoms. The normalized spacial score (nSPS) is 11.4. The van der Waals surface area contributed by atoms with E-state index >= 15 is 0 Å². The lowest BCUT2D eigenvalue weighted by Gasteiger charge is -2.24. The van der Waals surface area contributed by atoms with Crippen molar-refractivity contribution in [3.05, 3.63) is 83.9 Å². The number of amides is 2. The van der Waals surface area contributed by atoms with Crippen LogP contribution in [-0.2, 0) is 16.0 Å². The summed E-state index contributed by atoms with van der Waals surface area (Å²) in [5.41, 5.74) is 2.43. The molecule has 214 valence electrons. The topological polar surface area (TPSA) is 107 Å². The van der Waals surface area contributed by atoms with E-state index in [1.54, 1.807) is 31.1 Å². The van der Waals surface area contributed by atoms with Gasteiger partial charge < -0.3 is 34.3 Å². The lowest BCUT2D eigenvalue weighted by atomic mass is 10.1. The van der Waals surface area contributed by atoms with Gasteiger partial charge in [0.1, 0.15) is 23.9 Å². The zero-order chi connectivity index (χ0) is 28.7. The van der Waals surface area contributed by atoms with Crippen molar-refractivity contribution in [2.24, 2.45) is 0 Å². The summed E-state index contributed by atoms with van der Waals surface area (Å²) in [5, 5.41) is 12.3. The van der Waals surface area contributed by atoms with E-state index in [1.807, 2.05) is 67.6 Å². The number of ether oxygens (including phenoxy) is 4. The standard InChI is InChI=1S/C31H38N2O7/c1-4-38-29(30(34)35)22-24-12-14-26(15-13-24)40-20-18-33(17-8-19-39-25-9-6-5-7-10-25)31(36)32-27-21-23(2)11-16-28(27)37-3/h5-7,9-16,21,29H,4,8,17-20,22H2,1-3H3,(H,32,36)(H,34,35). The summed E-state index contributed by atoms with van der Waals surface area (Å²) >= 11 is 0. The first-order chi connectivity index (χ1) is 19.4. The first-order valence-electron chi connectivity index (χ1n) is 13.3. The summed E-state index contributed by atoms with van der Waals surface area (Å²) in [6, 6.07) is 22.1. The number of benzene rings is 3. The maximum atomic E-state index is 13.3. The number of anilines is 1. The lowest BCUT2D eigenvalue weighted by Crippen LogP contribution is -2.39. The van der Waals surface area contributed by atoms with Crippen LogP contribution in [0.25, 0.3) is 0 Å². The average molecular weight is 551 g/mol. The van der Waals surface area contributed by atoms with Crippen LogP contribution in [0.1, 0.15) is 24.5 Å². The van der Waals surface area contributed by atoms with Crippen LogP contribution >= 0.6 is 0 Å². The van der Waals surface area contributed by atoms with Crippen LogP contribution in [0.3, 0.4) is 0 Å². The second-order valence-electron chi connectivity index (χ2n) is 9.11. The third-order valence-electron chi connectivity index (χ3n) is 6.09. The van der Waals surface area contributed by atoms with Crippen LogP contribution in [0, 0.1) is 6.92 Å². The third kappa shape index (κ3) is 9.81. The van der Waals surface area contributed by atoms with E-state index in [0.29, 0.717) is 49.9 Å². The van der Waals surface area contributed by atoms with Gasteiger partial charge in [-0.25, -0.2) is 9.59 Å². The molecule has 0 saturated carbocycles. The van der Waals surface area contributed by atoms with Gasteiger partial charge in [0.05, 0.1) is 25.9 Å². The Hall–Kier alpha value is -4.24. The van der Waals surface area contributed by atoms with Gasteiger partial charge in [-0.3, -0.25) is 0 Å². The van der Waals surface area contributed by atoms with Crippen molar-refractivity contribution >= 4 is 17.7 Å². The number of hydrogen-bond donors (Lipinski definition) is 2. The van der Waals surface area contributed by atoms with Crippen molar-refractivity contribution < 1.29 is 33.6 Å². The Morgan fingerprint density at radius 1 is 0.925 bits per heavy atom. The molecule has 40 heavy (non-hydrogen) atoms. The fourth-order valence-corrected chi connectivity index (χ4v) is 4.02. The summed E-state index contributed by atoms with van der Waals surface area (Å²) in [6.45, 7) is 5.59. The van der Waals surface area contributed by atoms with Gasteiger partial charge in [0.25, 0.3) is 0 Å². The fraction of sp³-hybridized carbons (Fsp3) is 0.355. The second-order valence-corrected chi connectivity index (χ2v) is 9.11. The second kappa shape index (κ2) is 16.0. The Morgan fingerprint density at radius 2 is 1.62 bits per heavy atom. The minimum atomic E-state index is -0.988. The summed E-state index contributed by atoms with van der Waals surface area (Å²) in [5.74, 6) is 1.00. The molecule has 2 N–H and O–H groups in total. The van der Waals surface area contributed by atoms with Crippen molar-refractivity contribution in [2.75, 3.05) is 45.3 Å². The van der Waals surface area contributed by atoms with Crippen molar-refractivity contribution in [1.29, 1.82) is 0 Å². The van der Waals surface area contributed by atoms with Gasteiger partial charge in [-0.05, 0) is 67.8 Å². The number of methoxy groups -OCH3 is 1. The van der Waals surface area contributed by atoms with E-state index in [2.05, 4.69) is 5.32 Å². The number of nitrogens with one attached hydrogen (secondary N) is 1. The zero-order valence-corrected chi connectivity index (χ0v) is 23.3. The fourth-order valence-electron chi connectivity index (χ4n) is 4.02. The molecular weight excluding hydrogens is 512 g/mol. The number of carboxylic acids is 1. The van der Waals surface area contributed by atoms with Crippen molar-refractivity contribution in [2.45, 2.75) is 32.8 Å². The van der Waals surface area contributed by atoms with Crippen LogP contribution < -0.4 is 19.5 Å². The Kier molecular flexibility index (Phi) is 12.1. The van der Waals surface area contributed by atoms with Crippen LogP contribution in [0.15, 0.2) is 72.8 Å². The Balaban J connectivity index is 1.58. The number of urea groups is 1. The maximum absolute atomic E-state index is 13.3. The number of para-hydroxylation sites is 1. The number of aryl methyl sites for hydroxylation is 1. The Morgan fingerprint density at radius 3 is 2.30 bits per heavy atom. The predicted octanol–water partition coefficient (Wildman–Crippen LogP) is 5.42. The van der Waals surface area contributed by atoms with E-state index in [0.717, 1.165) is 16.9 Å². The molecule has 0 aliphatic rings. The van der Waals surface area contributed by atoms with E-state index in [-0.39, 0.29) is 19.1 Å². The number of rotatable bonds is 16. The summed E-state index contributed by atoms with van der Waals surface area (Å²) in [7, 11) is 1.57. The van der Waals surface area contributed by atoms with E-state index in [9.17, 15) is 14.7 Å². The molecule has 0 fully saturated rings. The lowest BCUT2D eigenvalue weighted by molar-refractivity contribution is -0.149. The van der Waals surface area contributed by atoms with Crippen molar-refractivity contribution in [3.8, 4) is 17.2 Å². The third-order valence-corrected chi connectivity index (χ3v) is 6.09. The summed E-state index contributed by atoms with van der Waals surface area (Å²) in [6.07, 6.45) is 0.0129. The van der Waals surface area contributed by atoms with E-state index in [1.165, 1.54) is 0 Å². The molecule has 0 radical (unpaired) electrons. The van der Waals surface area contributed by atoms with E-state index in [4.69, 9.17) is 18.9 Å². The molecule has 0 saturated heterocycles. The van der Waals surface area contributed by atoms with Crippen molar-refractivity contribution in [1.82, 2.24) is 4.90 Å². The highest BCUT2D eigenvalue weighted by atomic mass is 16.5. The molecule has 1 atom stereocenters. The molecule has 2 amide bonds. The molecule has 9 nitrogen and oxygen atoms in total. The number of carbonyl (C=O) groups excluding carboxylic acids is 1. The predicted molar refractivity (Wildman–Crippen MR) is 154 cm³/mol. The Labute approximate surface area is 235 Å². The molecule has 0 aliphatic carbocycles. The molecule has 0 heterocycles. The van der Waals surface area contributed by atoms with Gasteiger partial charge in [-0.2, -0.15) is 0 Å². The highest BCUT2D eigenvalue weighted by Crippen LogP contribution is 2.25. The number of aliphatic carboxylic acids is 1. The van der Waals surface area contributed by atoms with Gasteiger partial charge >= 0.3 is 12.0 Å². The van der Waals surface area contributed by atoms with Gasteiger partial charge in [0.2, 0.25) is 0 Å². The summed E-state index contributed by atoms with van der Waals surface area (Å²) in [4.78, 5) is 26.3. The van der Waals surface area contributed by atoms with Gasteiger partial charge in [0, 0.05) is 19.6 Å². The molecule has 0 spiro atoms. The number of hydrogen-bond acceptors (Lipinski definition) is 6. The molecule has 0 aliphatic heterocycles. The summed E-state index contributed by atoms with van der Waals surface area (Å²) < 4.78 is 22.4. The zero-order valence-electron chi connectivity index (χ0n) is 23.3. The minimum absolute atomic E-state index is 0.266. The van der Waals surface area contributed by atoms with Crippen LogP contribution in [0.5, 0.6) is 17.2 Å². The highest BCUT2D eigenvalue weighted by molar-refractivity contribution is 5.91. The minimum Gasteiger partial charge on any atom is -0.495 e. The molecular formula is C31H38N2O7. The molecule has 1 unspecified atom stereocenters. The number of carbonyl (C=O) groups is 2. The van der Waals surface area contributed by atoms with E-state index < -0.39 is 12.1 Å². The van der Waals surface area contributed by atoms with Crippen LogP contribution in [0.2, 0.25) is 0 Å². The average Bonchev–Trinajstić information content (AvgIpc) is 2.95.